The van der Waals surface area contributed by atoms with Crippen LogP contribution in [0, 0.1) is 0 Å². The first-order valence-corrected chi connectivity index (χ1v) is 19.7. The third-order valence-corrected chi connectivity index (χ3v) is 7.44. The average Bonchev–Trinajstić information content (AvgIpc) is 3.24. The van der Waals surface area contributed by atoms with Crippen molar-refractivity contribution in [2.75, 3.05) is 164 Å². The van der Waals surface area contributed by atoms with Crippen molar-refractivity contribution in [2.24, 2.45) is 0 Å². The molecule has 0 saturated heterocycles. The molecule has 0 atom stereocenters. The standard InChI is InChI=1S/C41H60F3NO15/c1-2-39(46)59-32-30-57-28-26-55-24-22-53-20-18-51-16-14-49-12-10-48-11-13-50-15-17-52-19-21-54-23-25-56-27-29-58-31-33-60-40(47)37-8-3-4-9-38(37)45-36-7-5-6-35(34-36)41(42,43)44/h2-9,34,45H,1,10-33H2. The Labute approximate surface area is 349 Å². The molecule has 340 valence electrons. The van der Waals surface area contributed by atoms with Crippen LogP contribution in [0.4, 0.5) is 24.5 Å². The highest BCUT2D eigenvalue weighted by Crippen LogP contribution is 2.32. The fraction of sp³-hybridized carbons (Fsp3) is 0.610. The summed E-state index contributed by atoms with van der Waals surface area (Å²) in [5, 5.41) is 2.86. The third-order valence-electron chi connectivity index (χ3n) is 7.44. The lowest BCUT2D eigenvalue weighted by Crippen LogP contribution is -2.16. The minimum Gasteiger partial charge on any atom is -0.460 e. The molecule has 0 radical (unpaired) electrons. The summed E-state index contributed by atoms with van der Waals surface area (Å²) in [6, 6.07) is 11.1. The maximum absolute atomic E-state index is 13.1. The molecule has 16 nitrogen and oxygen atoms in total. The summed E-state index contributed by atoms with van der Waals surface area (Å²) in [6.45, 7) is 12.4. The molecule has 2 rings (SSSR count). The Morgan fingerprint density at radius 3 is 1.20 bits per heavy atom. The van der Waals surface area contributed by atoms with Gasteiger partial charge in [-0.25, -0.2) is 9.59 Å². The number of benzene rings is 2. The summed E-state index contributed by atoms with van der Waals surface area (Å²) in [4.78, 5) is 23.5. The highest BCUT2D eigenvalue weighted by Gasteiger charge is 2.30. The Morgan fingerprint density at radius 1 is 0.483 bits per heavy atom. The van der Waals surface area contributed by atoms with Crippen molar-refractivity contribution in [3.8, 4) is 0 Å². The normalized spacial score (nSPS) is 11.4. The lowest BCUT2D eigenvalue weighted by atomic mass is 10.1. The number of carbonyl (C=O) groups excluding carboxylic acids is 2. The Bertz CT molecular complexity index is 1390. The van der Waals surface area contributed by atoms with E-state index in [0.717, 1.165) is 18.2 Å². The van der Waals surface area contributed by atoms with Gasteiger partial charge in [-0.2, -0.15) is 13.2 Å². The number of para-hydroxylation sites is 1. The number of rotatable bonds is 40. The highest BCUT2D eigenvalue weighted by atomic mass is 19.4. The number of anilines is 2. The van der Waals surface area contributed by atoms with Gasteiger partial charge in [0, 0.05) is 11.8 Å². The van der Waals surface area contributed by atoms with Gasteiger partial charge < -0.3 is 66.9 Å². The zero-order chi connectivity index (χ0) is 43.2. The van der Waals surface area contributed by atoms with Crippen molar-refractivity contribution in [3.05, 3.63) is 72.3 Å². The topological polar surface area (TPSA) is 166 Å². The summed E-state index contributed by atoms with van der Waals surface area (Å²) in [6.07, 6.45) is -3.38. The Balaban J connectivity index is 1.25. The first kappa shape index (κ1) is 52.4. The van der Waals surface area contributed by atoms with Gasteiger partial charge >= 0.3 is 18.1 Å². The molecule has 0 bridgehead atoms. The first-order chi connectivity index (χ1) is 29.3. The van der Waals surface area contributed by atoms with Crippen LogP contribution >= 0.6 is 0 Å². The minimum atomic E-state index is -4.48. The van der Waals surface area contributed by atoms with Crippen LogP contribution in [0.2, 0.25) is 0 Å². The highest BCUT2D eigenvalue weighted by molar-refractivity contribution is 5.96. The van der Waals surface area contributed by atoms with E-state index in [9.17, 15) is 22.8 Å². The van der Waals surface area contributed by atoms with E-state index in [1.165, 1.54) is 18.2 Å². The Morgan fingerprint density at radius 2 is 0.833 bits per heavy atom. The van der Waals surface area contributed by atoms with Crippen LogP contribution in [0.25, 0.3) is 0 Å². The van der Waals surface area contributed by atoms with Gasteiger partial charge in [0.2, 0.25) is 0 Å². The maximum Gasteiger partial charge on any atom is 0.416 e. The molecule has 0 aliphatic carbocycles. The molecule has 0 aromatic heterocycles. The summed E-state index contributed by atoms with van der Waals surface area (Å²) >= 11 is 0. The van der Waals surface area contributed by atoms with Gasteiger partial charge in [0.05, 0.1) is 162 Å². The fourth-order valence-corrected chi connectivity index (χ4v) is 4.53. The number of ether oxygens (including phenoxy) is 13. The second-order valence-corrected chi connectivity index (χ2v) is 12.0. The molecule has 0 aliphatic heterocycles. The number of carbonyl (C=O) groups is 2. The summed E-state index contributed by atoms with van der Waals surface area (Å²) in [5.74, 6) is -1.11. The van der Waals surface area contributed by atoms with Gasteiger partial charge in [-0.05, 0) is 30.3 Å². The maximum atomic E-state index is 13.1. The first-order valence-electron chi connectivity index (χ1n) is 19.7. The van der Waals surface area contributed by atoms with Crippen molar-refractivity contribution >= 4 is 23.3 Å². The number of halogens is 3. The van der Waals surface area contributed by atoms with Gasteiger partial charge in [-0.3, -0.25) is 0 Å². The zero-order valence-corrected chi connectivity index (χ0v) is 34.1. The molecular formula is C41H60F3NO15. The predicted molar refractivity (Wildman–Crippen MR) is 212 cm³/mol. The van der Waals surface area contributed by atoms with Crippen LogP contribution in [0.3, 0.4) is 0 Å². The monoisotopic (exact) mass is 863 g/mol. The van der Waals surface area contributed by atoms with E-state index in [1.54, 1.807) is 18.2 Å². The predicted octanol–water partition coefficient (Wildman–Crippen LogP) is 4.52. The minimum absolute atomic E-state index is 0.00906. The van der Waals surface area contributed by atoms with E-state index >= 15 is 0 Å². The van der Waals surface area contributed by atoms with Crippen LogP contribution in [-0.2, 0) is 72.6 Å². The molecule has 0 saturated carbocycles. The number of alkyl halides is 3. The van der Waals surface area contributed by atoms with Crippen LogP contribution in [-0.4, -0.2) is 171 Å². The van der Waals surface area contributed by atoms with E-state index in [1.807, 2.05) is 0 Å². The van der Waals surface area contributed by atoms with E-state index in [-0.39, 0.29) is 31.1 Å². The van der Waals surface area contributed by atoms with E-state index in [2.05, 4.69) is 11.9 Å². The van der Waals surface area contributed by atoms with E-state index < -0.39 is 23.7 Å². The van der Waals surface area contributed by atoms with Gasteiger partial charge in [-0.15, -0.1) is 0 Å². The SMILES string of the molecule is C=CC(=O)OCCOCCOCCOCCOCCOCCOCCOCCOCCOCCOCCOCCOC(=O)c1ccccc1Nc1cccc(C(F)(F)F)c1. The molecule has 19 heteroatoms. The van der Waals surface area contributed by atoms with E-state index in [4.69, 9.17) is 61.6 Å². The quantitative estimate of drug-likeness (QED) is 0.0564. The lowest BCUT2D eigenvalue weighted by molar-refractivity contribution is -0.139. The molecule has 0 spiro atoms. The molecule has 0 unspecified atom stereocenters. The largest absolute Gasteiger partial charge is 0.460 e. The second-order valence-electron chi connectivity index (χ2n) is 12.0. The van der Waals surface area contributed by atoms with Crippen molar-refractivity contribution in [1.82, 2.24) is 0 Å². The number of hydrogen-bond acceptors (Lipinski definition) is 16. The molecule has 0 fully saturated rings. The van der Waals surface area contributed by atoms with Crippen molar-refractivity contribution in [3.63, 3.8) is 0 Å². The van der Waals surface area contributed by atoms with Gasteiger partial charge in [0.15, 0.2) is 0 Å². The van der Waals surface area contributed by atoms with Crippen LogP contribution in [0.15, 0.2) is 61.2 Å². The second kappa shape index (κ2) is 36.0. The van der Waals surface area contributed by atoms with E-state index in [0.29, 0.717) is 144 Å². The molecule has 0 aliphatic rings. The van der Waals surface area contributed by atoms with Crippen molar-refractivity contribution < 1.29 is 84.3 Å². The molecule has 0 heterocycles. The van der Waals surface area contributed by atoms with Gasteiger partial charge in [-0.1, -0.05) is 24.8 Å². The zero-order valence-electron chi connectivity index (χ0n) is 34.1. The molecule has 1 N–H and O–H groups in total. The number of esters is 2. The third kappa shape index (κ3) is 28.7. The Hall–Kier alpha value is -3.73. The molecular weight excluding hydrogens is 803 g/mol. The molecule has 2 aromatic carbocycles. The van der Waals surface area contributed by atoms with Crippen LogP contribution < -0.4 is 5.32 Å². The summed E-state index contributed by atoms with van der Waals surface area (Å²) < 4.78 is 109. The van der Waals surface area contributed by atoms with Gasteiger partial charge in [0.1, 0.15) is 13.2 Å². The average molecular weight is 864 g/mol. The lowest BCUT2D eigenvalue weighted by Gasteiger charge is -2.13. The van der Waals surface area contributed by atoms with Crippen molar-refractivity contribution in [2.45, 2.75) is 6.18 Å². The number of nitrogens with one attached hydrogen (secondary N) is 1. The van der Waals surface area contributed by atoms with Crippen LogP contribution in [0.1, 0.15) is 15.9 Å². The smallest absolute Gasteiger partial charge is 0.416 e. The fourth-order valence-electron chi connectivity index (χ4n) is 4.53. The number of hydrogen-bond donors (Lipinski definition) is 1. The van der Waals surface area contributed by atoms with Gasteiger partial charge in [0.25, 0.3) is 0 Å². The molecule has 0 amide bonds. The van der Waals surface area contributed by atoms with Crippen LogP contribution in [0.5, 0.6) is 0 Å². The van der Waals surface area contributed by atoms with Crippen molar-refractivity contribution in [1.29, 1.82) is 0 Å². The Kier molecular flexibility index (Phi) is 31.4. The summed E-state index contributed by atoms with van der Waals surface area (Å²) in [7, 11) is 0. The molecule has 2 aromatic rings. The summed E-state index contributed by atoms with van der Waals surface area (Å²) in [5.41, 5.74) is -0.111. The molecule has 60 heavy (non-hydrogen) atoms.